The molecule has 7 rings (SSSR count). The first-order chi connectivity index (χ1) is 25.8. The van der Waals surface area contributed by atoms with Crippen LogP contribution in [0.5, 0.6) is 5.75 Å². The maximum atomic E-state index is 15.3. The quantitative estimate of drug-likeness (QED) is 0.134. The largest absolute Gasteiger partial charge is 0.489 e. The molecule has 3 fully saturated rings. The molecular weight excluding hydrogens is 704 g/mol. The average molecular weight is 749 g/mol. The van der Waals surface area contributed by atoms with Gasteiger partial charge in [0.1, 0.15) is 34.3 Å². The number of piperidine rings is 2. The number of carbonyl (C=O) groups is 3. The molecule has 286 valence electrons. The monoisotopic (exact) mass is 748 g/mol. The number of pyridine rings is 2. The summed E-state index contributed by atoms with van der Waals surface area (Å²) in [5, 5.41) is 5.03. The number of likely N-dealkylation sites (tertiary alicyclic amines) is 1. The SMILES string of the molecule is CC(C)Oc1cc2nc(C3CCC(CN4CCC(c5ccc(C6CCC(=O)NC6=O)cc5F)CC4)CC3)cn2cc1NC(=O)c1cccc(C(F)(F)F)n1. The molecule has 1 atom stereocenters. The number of hydrogen-bond acceptors (Lipinski definition) is 7. The molecule has 3 amide bonds. The van der Waals surface area contributed by atoms with Gasteiger partial charge in [0.2, 0.25) is 11.8 Å². The van der Waals surface area contributed by atoms with E-state index in [1.807, 2.05) is 32.2 Å². The van der Waals surface area contributed by atoms with Gasteiger partial charge in [-0.25, -0.2) is 14.4 Å². The van der Waals surface area contributed by atoms with E-state index in [0.29, 0.717) is 40.5 Å². The predicted octanol–water partition coefficient (Wildman–Crippen LogP) is 7.60. The zero-order chi connectivity index (χ0) is 38.1. The standard InChI is InChI=1S/C40H44F4N6O4/c1-23(2)54-34-19-36-46-32(21-50(36)22-33(34)47-39(53)31-4-3-5-35(45-31)40(42,43)44)26-8-6-24(7-9-26)20-49-16-14-25(15-17-49)28-11-10-27(18-30(28)41)29-12-13-37(51)48-38(29)52/h3-5,10-11,18-19,21-26,29H,6-9,12-17,20H2,1-2H3,(H,47,53)(H,48,51,52). The number of halogens is 4. The van der Waals surface area contributed by atoms with Crippen molar-refractivity contribution in [1.29, 1.82) is 0 Å². The van der Waals surface area contributed by atoms with E-state index in [2.05, 4.69) is 20.5 Å². The summed E-state index contributed by atoms with van der Waals surface area (Å²) in [6.07, 6.45) is 5.18. The third kappa shape index (κ3) is 8.43. The number of benzene rings is 1. The molecule has 2 N–H and O–H groups in total. The zero-order valence-corrected chi connectivity index (χ0v) is 30.3. The minimum absolute atomic E-state index is 0.125. The van der Waals surface area contributed by atoms with Crippen molar-refractivity contribution in [3.63, 3.8) is 0 Å². The van der Waals surface area contributed by atoms with E-state index >= 15 is 4.39 Å². The Labute approximate surface area is 310 Å². The number of ether oxygens (including phenoxy) is 1. The van der Waals surface area contributed by atoms with Gasteiger partial charge in [0, 0.05) is 37.3 Å². The van der Waals surface area contributed by atoms with E-state index in [-0.39, 0.29) is 47.7 Å². The van der Waals surface area contributed by atoms with Gasteiger partial charge in [0.15, 0.2) is 0 Å². The minimum atomic E-state index is -4.68. The van der Waals surface area contributed by atoms with Crippen molar-refractivity contribution in [2.45, 2.75) is 95.2 Å². The van der Waals surface area contributed by atoms with Gasteiger partial charge < -0.3 is 19.4 Å². The van der Waals surface area contributed by atoms with Crippen molar-refractivity contribution < 1.29 is 36.7 Å². The van der Waals surface area contributed by atoms with Gasteiger partial charge in [-0.3, -0.25) is 19.7 Å². The Morgan fingerprint density at radius 3 is 2.41 bits per heavy atom. The summed E-state index contributed by atoms with van der Waals surface area (Å²) in [4.78, 5) is 47.7. The number of nitrogens with one attached hydrogen (secondary N) is 2. The van der Waals surface area contributed by atoms with Gasteiger partial charge in [0.25, 0.3) is 5.91 Å². The fourth-order valence-corrected chi connectivity index (χ4v) is 8.12. The molecule has 14 heteroatoms. The van der Waals surface area contributed by atoms with Crippen LogP contribution in [0.15, 0.2) is 54.9 Å². The van der Waals surface area contributed by atoms with E-state index in [1.54, 1.807) is 16.7 Å². The number of amides is 3. The number of nitrogens with zero attached hydrogens (tertiary/aromatic N) is 4. The molecule has 2 aliphatic heterocycles. The topological polar surface area (TPSA) is 118 Å². The van der Waals surface area contributed by atoms with Crippen LogP contribution in [0.25, 0.3) is 5.65 Å². The van der Waals surface area contributed by atoms with Gasteiger partial charge >= 0.3 is 6.18 Å². The first-order valence-corrected chi connectivity index (χ1v) is 18.7. The molecule has 2 saturated heterocycles. The highest BCUT2D eigenvalue weighted by molar-refractivity contribution is 6.03. The summed E-state index contributed by atoms with van der Waals surface area (Å²) >= 11 is 0. The lowest BCUT2D eigenvalue weighted by Crippen LogP contribution is -2.39. The second-order valence-electron chi connectivity index (χ2n) is 15.1. The van der Waals surface area contributed by atoms with Crippen LogP contribution < -0.4 is 15.4 Å². The molecular formula is C40H44F4N6O4. The summed E-state index contributed by atoms with van der Waals surface area (Å²) in [5.41, 5.74) is 1.69. The number of carbonyl (C=O) groups excluding carboxylic acids is 3. The molecule has 0 spiro atoms. The maximum Gasteiger partial charge on any atom is 0.433 e. The third-order valence-electron chi connectivity index (χ3n) is 10.9. The molecule has 54 heavy (non-hydrogen) atoms. The van der Waals surface area contributed by atoms with Crippen molar-refractivity contribution in [3.05, 3.63) is 88.9 Å². The van der Waals surface area contributed by atoms with Crippen molar-refractivity contribution in [2.75, 3.05) is 25.0 Å². The Morgan fingerprint density at radius 1 is 0.963 bits per heavy atom. The van der Waals surface area contributed by atoms with Gasteiger partial charge in [0.05, 0.1) is 17.7 Å². The molecule has 3 aliphatic rings. The summed E-state index contributed by atoms with van der Waals surface area (Å²) in [7, 11) is 0. The molecule has 0 bridgehead atoms. The van der Waals surface area contributed by atoms with Crippen molar-refractivity contribution in [1.82, 2.24) is 24.6 Å². The molecule has 1 saturated carbocycles. The van der Waals surface area contributed by atoms with Crippen LogP contribution in [0.2, 0.25) is 0 Å². The first kappa shape index (κ1) is 37.5. The number of imide groups is 1. The van der Waals surface area contributed by atoms with E-state index < -0.39 is 23.7 Å². The van der Waals surface area contributed by atoms with Crippen LogP contribution in [0, 0.1) is 11.7 Å². The lowest BCUT2D eigenvalue weighted by Gasteiger charge is -2.36. The molecule has 1 aliphatic carbocycles. The number of anilines is 1. The van der Waals surface area contributed by atoms with Gasteiger partial charge in [-0.05, 0) is 113 Å². The highest BCUT2D eigenvalue weighted by Gasteiger charge is 2.34. The summed E-state index contributed by atoms with van der Waals surface area (Å²) in [6, 6.07) is 10.1. The maximum absolute atomic E-state index is 15.3. The highest BCUT2D eigenvalue weighted by Crippen LogP contribution is 2.39. The predicted molar refractivity (Wildman–Crippen MR) is 193 cm³/mol. The molecule has 10 nitrogen and oxygen atoms in total. The Bertz CT molecular complexity index is 2030. The number of fused-ring (bicyclic) bond motifs is 1. The second kappa shape index (κ2) is 15.5. The molecule has 1 unspecified atom stereocenters. The lowest BCUT2D eigenvalue weighted by atomic mass is 9.80. The van der Waals surface area contributed by atoms with Gasteiger partial charge in [-0.1, -0.05) is 18.2 Å². The van der Waals surface area contributed by atoms with Crippen molar-refractivity contribution >= 4 is 29.1 Å². The van der Waals surface area contributed by atoms with Crippen molar-refractivity contribution in [2.24, 2.45) is 5.92 Å². The van der Waals surface area contributed by atoms with E-state index in [9.17, 15) is 27.6 Å². The Balaban J connectivity index is 0.937. The number of alkyl halides is 3. The Morgan fingerprint density at radius 2 is 1.72 bits per heavy atom. The van der Waals surface area contributed by atoms with Gasteiger partial charge in [-0.2, -0.15) is 13.2 Å². The Hall–Kier alpha value is -4.85. The van der Waals surface area contributed by atoms with E-state index in [1.165, 1.54) is 12.1 Å². The van der Waals surface area contributed by atoms with Crippen LogP contribution in [0.4, 0.5) is 23.2 Å². The summed E-state index contributed by atoms with van der Waals surface area (Å²) in [5.74, 6) is -0.911. The number of hydrogen-bond donors (Lipinski definition) is 2. The molecule has 3 aromatic heterocycles. The molecule has 0 radical (unpaired) electrons. The Kier molecular flexibility index (Phi) is 10.7. The molecule has 1 aromatic carbocycles. The number of imidazole rings is 1. The lowest BCUT2D eigenvalue weighted by molar-refractivity contribution is -0.141. The summed E-state index contributed by atoms with van der Waals surface area (Å²) < 4.78 is 62.7. The zero-order valence-electron chi connectivity index (χ0n) is 30.3. The molecule has 4 aromatic rings. The summed E-state index contributed by atoms with van der Waals surface area (Å²) in [6.45, 7) is 6.48. The smallest absolute Gasteiger partial charge is 0.433 e. The van der Waals surface area contributed by atoms with Crippen molar-refractivity contribution in [3.8, 4) is 5.75 Å². The normalized spacial score (nSPS) is 21.7. The first-order valence-electron chi connectivity index (χ1n) is 18.7. The average Bonchev–Trinajstić information content (AvgIpc) is 3.54. The third-order valence-corrected chi connectivity index (χ3v) is 10.9. The fraction of sp³-hybridized carbons (Fsp3) is 0.475. The van der Waals surface area contributed by atoms with Crippen LogP contribution in [-0.4, -0.2) is 62.7 Å². The van der Waals surface area contributed by atoms with Crippen LogP contribution >= 0.6 is 0 Å². The van der Waals surface area contributed by atoms with Crippen LogP contribution in [-0.2, 0) is 15.8 Å². The molecule has 5 heterocycles. The van der Waals surface area contributed by atoms with E-state index in [0.717, 1.165) is 76.0 Å². The second-order valence-corrected chi connectivity index (χ2v) is 15.1. The van der Waals surface area contributed by atoms with E-state index in [4.69, 9.17) is 9.72 Å². The fourth-order valence-electron chi connectivity index (χ4n) is 8.12. The van der Waals surface area contributed by atoms with Crippen LogP contribution in [0.1, 0.15) is 116 Å². The number of aromatic nitrogens is 3. The minimum Gasteiger partial charge on any atom is -0.489 e. The van der Waals surface area contributed by atoms with Crippen LogP contribution in [0.3, 0.4) is 0 Å². The van der Waals surface area contributed by atoms with Gasteiger partial charge in [-0.15, -0.1) is 0 Å². The number of rotatable bonds is 9. The highest BCUT2D eigenvalue weighted by atomic mass is 19.4.